The average Bonchev–Trinajstić information content (AvgIpc) is 2.94. The summed E-state index contributed by atoms with van der Waals surface area (Å²) in [6.45, 7) is 1.96. The van der Waals surface area contributed by atoms with Crippen LogP contribution >= 0.6 is 27.7 Å². The Hall–Kier alpha value is -1.34. The molecule has 0 aliphatic heterocycles. The van der Waals surface area contributed by atoms with Crippen molar-refractivity contribution >= 4 is 33.7 Å². The van der Waals surface area contributed by atoms with Gasteiger partial charge in [0.1, 0.15) is 0 Å². The first kappa shape index (κ1) is 16.0. The number of carbonyl (C=O) groups is 1. The predicted molar refractivity (Wildman–Crippen MR) is 84.8 cm³/mol. The van der Waals surface area contributed by atoms with Gasteiger partial charge in [-0.1, -0.05) is 19.1 Å². The normalized spacial score (nSPS) is 12.1. The van der Waals surface area contributed by atoms with Crippen LogP contribution in [0.25, 0.3) is 11.5 Å². The fourth-order valence-corrected chi connectivity index (χ4v) is 2.90. The lowest BCUT2D eigenvalue weighted by molar-refractivity contribution is -0.140. The molecule has 5 nitrogen and oxygen atoms in total. The summed E-state index contributed by atoms with van der Waals surface area (Å²) in [5, 5.41) is 8.22. The molecule has 0 saturated carbocycles. The highest BCUT2D eigenvalue weighted by atomic mass is 79.9. The monoisotopic (exact) mass is 370 g/mol. The van der Waals surface area contributed by atoms with Crippen LogP contribution < -0.4 is 0 Å². The maximum Gasteiger partial charge on any atom is 0.306 e. The third-order valence-corrected chi connectivity index (χ3v) is 4.59. The van der Waals surface area contributed by atoms with Crippen molar-refractivity contribution in [1.29, 1.82) is 0 Å². The van der Waals surface area contributed by atoms with Gasteiger partial charge in [0.25, 0.3) is 0 Å². The van der Waals surface area contributed by atoms with Crippen LogP contribution in [0.3, 0.4) is 0 Å². The lowest BCUT2D eigenvalue weighted by atomic mass is 10.2. The highest BCUT2D eigenvalue weighted by Crippen LogP contribution is 2.28. The van der Waals surface area contributed by atoms with Gasteiger partial charge in [0.15, 0.2) is 0 Å². The first-order valence-electron chi connectivity index (χ1n) is 6.36. The highest BCUT2D eigenvalue weighted by Gasteiger charge is 2.14. The molecule has 0 aliphatic carbocycles. The van der Waals surface area contributed by atoms with Crippen LogP contribution in [0, 0.1) is 0 Å². The minimum Gasteiger partial charge on any atom is -0.469 e. The zero-order valence-corrected chi connectivity index (χ0v) is 14.1. The molecule has 2 rings (SSSR count). The first-order valence-corrected chi connectivity index (χ1v) is 8.20. The number of ether oxygens (including phenoxy) is 1. The number of aromatic nitrogens is 2. The molecule has 1 heterocycles. The number of carbonyl (C=O) groups excluding carboxylic acids is 1. The maximum atomic E-state index is 11.2. The quantitative estimate of drug-likeness (QED) is 0.722. The third kappa shape index (κ3) is 4.57. The fourth-order valence-electron chi connectivity index (χ4n) is 1.65. The van der Waals surface area contributed by atoms with Crippen LogP contribution in [-0.4, -0.2) is 28.5 Å². The van der Waals surface area contributed by atoms with E-state index in [4.69, 9.17) is 4.42 Å². The van der Waals surface area contributed by atoms with Gasteiger partial charge < -0.3 is 9.15 Å². The van der Waals surface area contributed by atoms with Gasteiger partial charge in [0.05, 0.1) is 24.8 Å². The van der Waals surface area contributed by atoms with Crippen molar-refractivity contribution in [2.24, 2.45) is 0 Å². The van der Waals surface area contributed by atoms with Crippen molar-refractivity contribution in [3.05, 3.63) is 34.6 Å². The molecule has 0 radical (unpaired) electrons. The number of benzene rings is 1. The average molecular weight is 371 g/mol. The summed E-state index contributed by atoms with van der Waals surface area (Å²) in [6.07, 6.45) is 0.367. The van der Waals surface area contributed by atoms with E-state index in [1.807, 2.05) is 31.2 Å². The molecule has 1 aromatic carbocycles. The van der Waals surface area contributed by atoms with E-state index < -0.39 is 0 Å². The number of nitrogens with zero attached hydrogens (tertiary/aromatic N) is 2. The minimum absolute atomic E-state index is 0.135. The van der Waals surface area contributed by atoms with E-state index in [1.54, 1.807) is 11.8 Å². The largest absolute Gasteiger partial charge is 0.469 e. The van der Waals surface area contributed by atoms with E-state index in [1.165, 1.54) is 7.11 Å². The molecule has 2 aromatic rings. The van der Waals surface area contributed by atoms with Crippen LogP contribution in [0.4, 0.5) is 0 Å². The SMILES string of the molecule is COC(=O)CC(C)SCc1nnc(-c2ccccc2Br)o1. The van der Waals surface area contributed by atoms with E-state index in [0.29, 0.717) is 24.0 Å². The summed E-state index contributed by atoms with van der Waals surface area (Å²) in [4.78, 5) is 11.2. The Balaban J connectivity index is 1.95. The molecule has 1 unspecified atom stereocenters. The number of rotatable bonds is 6. The molecule has 112 valence electrons. The van der Waals surface area contributed by atoms with Crippen LogP contribution in [0.15, 0.2) is 33.2 Å². The predicted octanol–water partition coefficient (Wildman–Crippen LogP) is 3.68. The molecule has 21 heavy (non-hydrogen) atoms. The van der Waals surface area contributed by atoms with E-state index in [0.717, 1.165) is 10.0 Å². The van der Waals surface area contributed by atoms with Gasteiger partial charge in [-0.2, -0.15) is 0 Å². The maximum absolute atomic E-state index is 11.2. The Morgan fingerprint density at radius 1 is 1.43 bits per heavy atom. The summed E-state index contributed by atoms with van der Waals surface area (Å²) < 4.78 is 11.2. The molecule has 0 amide bonds. The number of hydrogen-bond acceptors (Lipinski definition) is 6. The van der Waals surface area contributed by atoms with Crippen molar-refractivity contribution in [2.75, 3.05) is 7.11 Å². The molecule has 0 bridgehead atoms. The van der Waals surface area contributed by atoms with Gasteiger partial charge in [-0.3, -0.25) is 4.79 Å². The van der Waals surface area contributed by atoms with Crippen molar-refractivity contribution in [1.82, 2.24) is 10.2 Å². The van der Waals surface area contributed by atoms with E-state index >= 15 is 0 Å². The lowest BCUT2D eigenvalue weighted by Crippen LogP contribution is -2.08. The molecule has 1 atom stereocenters. The summed E-state index contributed by atoms with van der Waals surface area (Å²) >= 11 is 5.03. The first-order chi connectivity index (χ1) is 10.1. The van der Waals surface area contributed by atoms with Gasteiger partial charge in [0, 0.05) is 9.72 Å². The Morgan fingerprint density at radius 2 is 2.19 bits per heavy atom. The smallest absolute Gasteiger partial charge is 0.306 e. The van der Waals surface area contributed by atoms with Crippen LogP contribution in [0.2, 0.25) is 0 Å². The second kappa shape index (κ2) is 7.61. The third-order valence-electron chi connectivity index (χ3n) is 2.74. The van der Waals surface area contributed by atoms with Gasteiger partial charge >= 0.3 is 5.97 Å². The van der Waals surface area contributed by atoms with Gasteiger partial charge in [-0.25, -0.2) is 0 Å². The Morgan fingerprint density at radius 3 is 2.90 bits per heavy atom. The van der Waals surface area contributed by atoms with Gasteiger partial charge in [-0.15, -0.1) is 22.0 Å². The second-order valence-corrected chi connectivity index (χ2v) is 6.66. The number of hydrogen-bond donors (Lipinski definition) is 0. The molecular weight excluding hydrogens is 356 g/mol. The number of thioether (sulfide) groups is 1. The highest BCUT2D eigenvalue weighted by molar-refractivity contribution is 9.10. The van der Waals surface area contributed by atoms with Crippen molar-refractivity contribution in [3.8, 4) is 11.5 Å². The van der Waals surface area contributed by atoms with E-state index in [-0.39, 0.29) is 11.2 Å². The summed E-state index contributed by atoms with van der Waals surface area (Å²) in [5.74, 6) is 1.38. The molecule has 0 spiro atoms. The molecule has 7 heteroatoms. The van der Waals surface area contributed by atoms with Crippen molar-refractivity contribution < 1.29 is 13.9 Å². The zero-order valence-electron chi connectivity index (χ0n) is 11.7. The second-order valence-electron chi connectivity index (χ2n) is 4.38. The van der Waals surface area contributed by atoms with Crippen LogP contribution in [0.5, 0.6) is 0 Å². The lowest BCUT2D eigenvalue weighted by Gasteiger charge is -2.07. The summed E-state index contributed by atoms with van der Waals surface area (Å²) in [7, 11) is 1.39. The molecule has 1 aromatic heterocycles. The van der Waals surface area contributed by atoms with Crippen molar-refractivity contribution in [3.63, 3.8) is 0 Å². The Labute approximate surface area is 135 Å². The number of esters is 1. The van der Waals surface area contributed by atoms with Crippen LogP contribution in [-0.2, 0) is 15.3 Å². The zero-order chi connectivity index (χ0) is 15.2. The summed E-state index contributed by atoms with van der Waals surface area (Å²) in [5.41, 5.74) is 0.865. The number of halogens is 1. The topological polar surface area (TPSA) is 65.2 Å². The van der Waals surface area contributed by atoms with Crippen molar-refractivity contribution in [2.45, 2.75) is 24.3 Å². The Kier molecular flexibility index (Phi) is 5.81. The molecule has 0 saturated heterocycles. The fraction of sp³-hybridized carbons (Fsp3) is 0.357. The van der Waals surface area contributed by atoms with E-state index in [9.17, 15) is 4.79 Å². The van der Waals surface area contributed by atoms with Gasteiger partial charge in [0.2, 0.25) is 11.8 Å². The molecule has 0 aliphatic rings. The molecular formula is C14H15BrN2O3S. The molecule has 0 fully saturated rings. The molecule has 0 N–H and O–H groups in total. The standard InChI is InChI=1S/C14H15BrN2O3S/c1-9(7-13(18)19-2)21-8-12-16-17-14(20-12)10-5-3-4-6-11(10)15/h3-6,9H,7-8H2,1-2H3. The van der Waals surface area contributed by atoms with Crippen LogP contribution in [0.1, 0.15) is 19.2 Å². The van der Waals surface area contributed by atoms with E-state index in [2.05, 4.69) is 30.9 Å². The minimum atomic E-state index is -0.213. The summed E-state index contributed by atoms with van der Waals surface area (Å²) in [6, 6.07) is 7.67. The number of methoxy groups -OCH3 is 1. The van der Waals surface area contributed by atoms with Gasteiger partial charge in [-0.05, 0) is 28.1 Å². The Bertz CT molecular complexity index is 618.